The zero-order valence-electron chi connectivity index (χ0n) is 11.9. The summed E-state index contributed by atoms with van der Waals surface area (Å²) < 4.78 is 0. The number of nitrogens with zero attached hydrogens (tertiary/aromatic N) is 1. The van der Waals surface area contributed by atoms with E-state index < -0.39 is 5.60 Å². The highest BCUT2D eigenvalue weighted by Crippen LogP contribution is 2.36. The quantitative estimate of drug-likeness (QED) is 0.890. The van der Waals surface area contributed by atoms with Gasteiger partial charge in [0.15, 0.2) is 0 Å². The molecule has 1 fully saturated rings. The molecule has 2 amide bonds. The molecule has 108 valence electrons. The second-order valence-electron chi connectivity index (χ2n) is 6.13. The third-order valence-electron chi connectivity index (χ3n) is 4.61. The first-order chi connectivity index (χ1) is 9.59. The molecule has 0 saturated heterocycles. The minimum Gasteiger partial charge on any atom is -0.390 e. The maximum absolute atomic E-state index is 12.3. The molecule has 1 aliphatic carbocycles. The van der Waals surface area contributed by atoms with Gasteiger partial charge in [0.2, 0.25) is 0 Å². The van der Waals surface area contributed by atoms with Crippen molar-refractivity contribution in [3.63, 3.8) is 0 Å². The molecule has 4 heteroatoms. The van der Waals surface area contributed by atoms with Crippen LogP contribution < -0.4 is 10.2 Å². The number of anilines is 1. The Hall–Kier alpha value is -1.55. The van der Waals surface area contributed by atoms with E-state index in [1.54, 1.807) is 0 Å². The van der Waals surface area contributed by atoms with E-state index in [4.69, 9.17) is 0 Å². The van der Waals surface area contributed by atoms with Crippen LogP contribution in [0.2, 0.25) is 0 Å². The Morgan fingerprint density at radius 3 is 2.90 bits per heavy atom. The van der Waals surface area contributed by atoms with Gasteiger partial charge in [0.1, 0.15) is 0 Å². The van der Waals surface area contributed by atoms with Gasteiger partial charge < -0.3 is 10.4 Å². The molecular weight excluding hydrogens is 252 g/mol. The number of amides is 2. The van der Waals surface area contributed by atoms with E-state index in [9.17, 15) is 9.90 Å². The number of benzene rings is 1. The van der Waals surface area contributed by atoms with Crippen LogP contribution >= 0.6 is 0 Å². The Morgan fingerprint density at radius 1 is 1.45 bits per heavy atom. The summed E-state index contributed by atoms with van der Waals surface area (Å²) in [5, 5.41) is 13.0. The standard InChI is InChI=1S/C16H22N2O2/c1-12-11-18(14-6-3-2-5-13(12)14)15(19)17-10-9-16(20)7-4-8-16/h2-3,5-6,12,20H,4,7-11H2,1H3,(H,17,19). The molecule has 20 heavy (non-hydrogen) atoms. The van der Waals surface area contributed by atoms with Crippen molar-refractivity contribution in [1.29, 1.82) is 0 Å². The van der Waals surface area contributed by atoms with Crippen molar-refractivity contribution in [3.05, 3.63) is 29.8 Å². The van der Waals surface area contributed by atoms with Gasteiger partial charge in [-0.05, 0) is 37.3 Å². The lowest BCUT2D eigenvalue weighted by molar-refractivity contribution is -0.0388. The number of carbonyl (C=O) groups is 1. The summed E-state index contributed by atoms with van der Waals surface area (Å²) in [6.07, 6.45) is 3.49. The van der Waals surface area contributed by atoms with Crippen LogP contribution in [0.3, 0.4) is 0 Å². The van der Waals surface area contributed by atoms with E-state index in [2.05, 4.69) is 18.3 Å². The summed E-state index contributed by atoms with van der Waals surface area (Å²) in [4.78, 5) is 14.1. The van der Waals surface area contributed by atoms with Gasteiger partial charge >= 0.3 is 6.03 Å². The Morgan fingerprint density at radius 2 is 2.20 bits per heavy atom. The van der Waals surface area contributed by atoms with Gasteiger partial charge in [-0.15, -0.1) is 0 Å². The predicted molar refractivity (Wildman–Crippen MR) is 79.0 cm³/mol. The van der Waals surface area contributed by atoms with Crippen LogP contribution in [0, 0.1) is 0 Å². The lowest BCUT2D eigenvalue weighted by Gasteiger charge is -2.36. The molecule has 1 unspecified atom stereocenters. The van der Waals surface area contributed by atoms with Crippen molar-refractivity contribution < 1.29 is 9.90 Å². The van der Waals surface area contributed by atoms with Gasteiger partial charge in [-0.2, -0.15) is 0 Å². The highest BCUT2D eigenvalue weighted by Gasteiger charge is 2.34. The zero-order valence-corrected chi connectivity index (χ0v) is 11.9. The fourth-order valence-electron chi connectivity index (χ4n) is 3.15. The van der Waals surface area contributed by atoms with Crippen molar-refractivity contribution in [3.8, 4) is 0 Å². The number of carbonyl (C=O) groups excluding carboxylic acids is 1. The second-order valence-corrected chi connectivity index (χ2v) is 6.13. The van der Waals surface area contributed by atoms with Crippen molar-refractivity contribution in [1.82, 2.24) is 5.32 Å². The molecule has 1 aromatic carbocycles. The molecule has 2 N–H and O–H groups in total. The number of fused-ring (bicyclic) bond motifs is 1. The molecule has 1 saturated carbocycles. The van der Waals surface area contributed by atoms with Gasteiger partial charge in [-0.1, -0.05) is 25.1 Å². The molecule has 2 aliphatic rings. The first-order valence-corrected chi connectivity index (χ1v) is 7.46. The molecule has 0 spiro atoms. The Bertz CT molecular complexity index is 511. The Labute approximate surface area is 119 Å². The maximum atomic E-state index is 12.3. The van der Waals surface area contributed by atoms with E-state index in [1.807, 2.05) is 23.1 Å². The average Bonchev–Trinajstić information content (AvgIpc) is 2.75. The van der Waals surface area contributed by atoms with E-state index >= 15 is 0 Å². The van der Waals surface area contributed by atoms with Crippen LogP contribution in [-0.4, -0.2) is 29.8 Å². The highest BCUT2D eigenvalue weighted by molar-refractivity contribution is 5.94. The molecule has 1 aliphatic heterocycles. The number of aliphatic hydroxyl groups is 1. The number of urea groups is 1. The minimum absolute atomic E-state index is 0.0512. The van der Waals surface area contributed by atoms with Crippen molar-refractivity contribution in [2.24, 2.45) is 0 Å². The van der Waals surface area contributed by atoms with E-state index in [0.29, 0.717) is 18.9 Å². The normalized spacial score (nSPS) is 23.1. The van der Waals surface area contributed by atoms with Crippen LogP contribution in [0.5, 0.6) is 0 Å². The molecule has 0 bridgehead atoms. The SMILES string of the molecule is CC1CN(C(=O)NCCC2(O)CCC2)c2ccccc21. The number of nitrogens with one attached hydrogen (secondary N) is 1. The van der Waals surface area contributed by atoms with Crippen molar-refractivity contribution >= 4 is 11.7 Å². The molecule has 1 aromatic rings. The van der Waals surface area contributed by atoms with Crippen LogP contribution in [0.15, 0.2) is 24.3 Å². The number of hydrogen-bond acceptors (Lipinski definition) is 2. The lowest BCUT2D eigenvalue weighted by Crippen LogP contribution is -2.44. The molecule has 0 radical (unpaired) electrons. The van der Waals surface area contributed by atoms with Crippen LogP contribution in [-0.2, 0) is 0 Å². The third kappa shape index (κ3) is 2.40. The van der Waals surface area contributed by atoms with Crippen LogP contribution in [0.4, 0.5) is 10.5 Å². The number of rotatable bonds is 3. The molecule has 1 heterocycles. The summed E-state index contributed by atoms with van der Waals surface area (Å²) in [5.41, 5.74) is 1.73. The minimum atomic E-state index is -0.524. The average molecular weight is 274 g/mol. The molecular formula is C16H22N2O2. The molecule has 1 atom stereocenters. The molecule has 3 rings (SSSR count). The topological polar surface area (TPSA) is 52.6 Å². The van der Waals surface area contributed by atoms with Gasteiger partial charge in [0.05, 0.1) is 5.60 Å². The van der Waals surface area contributed by atoms with Crippen molar-refractivity contribution in [2.45, 2.75) is 44.1 Å². The zero-order chi connectivity index (χ0) is 14.2. The summed E-state index contributed by atoms with van der Waals surface area (Å²) in [5.74, 6) is 0.382. The number of hydrogen-bond donors (Lipinski definition) is 2. The fourth-order valence-corrected chi connectivity index (χ4v) is 3.15. The monoisotopic (exact) mass is 274 g/mol. The van der Waals surface area contributed by atoms with Gasteiger partial charge in [-0.3, -0.25) is 4.90 Å². The Balaban J connectivity index is 1.58. The summed E-state index contributed by atoms with van der Waals surface area (Å²) in [6.45, 7) is 3.42. The second kappa shape index (κ2) is 5.09. The smallest absolute Gasteiger partial charge is 0.321 e. The van der Waals surface area contributed by atoms with E-state index in [0.717, 1.165) is 31.5 Å². The van der Waals surface area contributed by atoms with E-state index in [1.165, 1.54) is 5.56 Å². The molecule has 4 nitrogen and oxygen atoms in total. The Kier molecular flexibility index (Phi) is 3.42. The summed E-state index contributed by atoms with van der Waals surface area (Å²) >= 11 is 0. The first-order valence-electron chi connectivity index (χ1n) is 7.46. The largest absolute Gasteiger partial charge is 0.390 e. The van der Waals surface area contributed by atoms with Gasteiger partial charge in [0, 0.05) is 24.7 Å². The van der Waals surface area contributed by atoms with Crippen LogP contribution in [0.25, 0.3) is 0 Å². The fraction of sp³-hybridized carbons (Fsp3) is 0.562. The summed E-state index contributed by atoms with van der Waals surface area (Å²) in [7, 11) is 0. The highest BCUT2D eigenvalue weighted by atomic mass is 16.3. The number of para-hydroxylation sites is 1. The maximum Gasteiger partial charge on any atom is 0.321 e. The summed E-state index contributed by atoms with van der Waals surface area (Å²) in [6, 6.07) is 8.02. The lowest BCUT2D eigenvalue weighted by atomic mass is 9.78. The van der Waals surface area contributed by atoms with Gasteiger partial charge in [0.25, 0.3) is 0 Å². The molecule has 0 aromatic heterocycles. The van der Waals surface area contributed by atoms with E-state index in [-0.39, 0.29) is 6.03 Å². The van der Waals surface area contributed by atoms with Crippen LogP contribution in [0.1, 0.15) is 44.1 Å². The predicted octanol–water partition coefficient (Wildman–Crippen LogP) is 2.62. The van der Waals surface area contributed by atoms with Gasteiger partial charge in [-0.25, -0.2) is 4.79 Å². The first kappa shape index (κ1) is 13.4. The van der Waals surface area contributed by atoms with Crippen molar-refractivity contribution in [2.75, 3.05) is 18.0 Å². The third-order valence-corrected chi connectivity index (χ3v) is 4.61.